The van der Waals surface area contributed by atoms with Gasteiger partial charge < -0.3 is 17.0 Å². The number of carbonyl (C=O) groups is 1. The highest BCUT2D eigenvalue weighted by molar-refractivity contribution is 9.10. The van der Waals surface area contributed by atoms with Gasteiger partial charge in [-0.3, -0.25) is 4.79 Å². The molecule has 0 spiro atoms. The third kappa shape index (κ3) is 4.02. The summed E-state index contributed by atoms with van der Waals surface area (Å²) in [6.45, 7) is 0.310. The molecule has 0 atom stereocenters. The van der Waals surface area contributed by atoms with Crippen LogP contribution < -0.4 is 21.5 Å². The quantitative estimate of drug-likeness (QED) is 0.402. The van der Waals surface area contributed by atoms with Crippen LogP contribution in [0.1, 0.15) is 10.5 Å². The fourth-order valence-corrected chi connectivity index (χ4v) is 1.69. The molecule has 2 aromatic rings. The number of nitrogens with zero attached hydrogens (tertiary/aromatic N) is 2. The number of hydrogen-bond donors (Lipinski definition) is 0. The van der Waals surface area contributed by atoms with Crippen LogP contribution in [0.4, 0.5) is 0 Å². The van der Waals surface area contributed by atoms with Crippen molar-refractivity contribution in [1.29, 1.82) is 0 Å². The molecule has 88 valence electrons. The average molecular weight is 358 g/mol. The van der Waals surface area contributed by atoms with Gasteiger partial charge in [0.2, 0.25) is 12.3 Å². The summed E-state index contributed by atoms with van der Waals surface area (Å²) in [7, 11) is 0. The SMILES string of the molecule is O=C(C[n+]1ccccc1)c1cccc(Br)n1.[Br-]. The van der Waals surface area contributed by atoms with E-state index in [0.29, 0.717) is 16.8 Å². The molecule has 0 aliphatic heterocycles. The fourth-order valence-electron chi connectivity index (χ4n) is 1.35. The lowest BCUT2D eigenvalue weighted by Gasteiger charge is -1.97. The Bertz CT molecular complexity index is 503. The van der Waals surface area contributed by atoms with Gasteiger partial charge in [-0.2, -0.15) is 4.57 Å². The van der Waals surface area contributed by atoms with Gasteiger partial charge >= 0.3 is 0 Å². The number of pyridine rings is 2. The van der Waals surface area contributed by atoms with Crippen molar-refractivity contribution in [3.05, 3.63) is 59.1 Å². The Morgan fingerprint density at radius 3 is 2.53 bits per heavy atom. The lowest BCUT2D eigenvalue weighted by Crippen LogP contribution is -3.00. The Balaban J connectivity index is 0.00000144. The zero-order valence-electron chi connectivity index (χ0n) is 8.88. The molecule has 0 aliphatic rings. The van der Waals surface area contributed by atoms with Gasteiger partial charge in [0.25, 0.3) is 0 Å². The van der Waals surface area contributed by atoms with Crippen molar-refractivity contribution >= 4 is 21.7 Å². The predicted octanol–water partition coefficient (Wildman–Crippen LogP) is -0.981. The molecule has 2 heterocycles. The molecule has 5 heteroatoms. The van der Waals surface area contributed by atoms with Crippen LogP contribution in [0.3, 0.4) is 0 Å². The molecule has 17 heavy (non-hydrogen) atoms. The molecule has 0 unspecified atom stereocenters. The number of carbonyl (C=O) groups excluding carboxylic acids is 1. The third-order valence-electron chi connectivity index (χ3n) is 2.10. The minimum absolute atomic E-state index is 0. The van der Waals surface area contributed by atoms with E-state index < -0.39 is 0 Å². The van der Waals surface area contributed by atoms with Crippen molar-refractivity contribution < 1.29 is 26.3 Å². The monoisotopic (exact) mass is 356 g/mol. The Hall–Kier alpha value is -1.07. The van der Waals surface area contributed by atoms with Gasteiger partial charge in [-0.05, 0) is 28.1 Å². The Morgan fingerprint density at radius 1 is 1.18 bits per heavy atom. The topological polar surface area (TPSA) is 33.8 Å². The first-order chi connectivity index (χ1) is 7.75. The van der Waals surface area contributed by atoms with E-state index in [4.69, 9.17) is 0 Å². The molecular weight excluding hydrogens is 348 g/mol. The van der Waals surface area contributed by atoms with Gasteiger partial charge in [0.05, 0.1) is 0 Å². The van der Waals surface area contributed by atoms with Gasteiger partial charge in [0.1, 0.15) is 10.3 Å². The van der Waals surface area contributed by atoms with E-state index in [9.17, 15) is 4.79 Å². The van der Waals surface area contributed by atoms with Crippen LogP contribution in [-0.4, -0.2) is 10.8 Å². The van der Waals surface area contributed by atoms with Crippen molar-refractivity contribution in [3.63, 3.8) is 0 Å². The number of rotatable bonds is 3. The van der Waals surface area contributed by atoms with Crippen LogP contribution in [0.2, 0.25) is 0 Å². The molecular formula is C12H10Br2N2O. The van der Waals surface area contributed by atoms with Crippen LogP contribution >= 0.6 is 15.9 Å². The summed E-state index contributed by atoms with van der Waals surface area (Å²) in [5, 5.41) is 0. The second kappa shape index (κ2) is 6.61. The van der Waals surface area contributed by atoms with Gasteiger partial charge in [0, 0.05) is 12.1 Å². The van der Waals surface area contributed by atoms with E-state index in [1.807, 2.05) is 35.2 Å². The van der Waals surface area contributed by atoms with E-state index >= 15 is 0 Å². The summed E-state index contributed by atoms with van der Waals surface area (Å²) >= 11 is 3.25. The van der Waals surface area contributed by atoms with Crippen LogP contribution in [0.25, 0.3) is 0 Å². The highest BCUT2D eigenvalue weighted by atomic mass is 79.9. The Kier molecular flexibility index (Phi) is 5.44. The lowest BCUT2D eigenvalue weighted by atomic mass is 10.2. The minimum atomic E-state index is -0.00231. The molecule has 2 aromatic heterocycles. The lowest BCUT2D eigenvalue weighted by molar-refractivity contribution is -0.683. The van der Waals surface area contributed by atoms with Crippen molar-refractivity contribution in [2.75, 3.05) is 0 Å². The highest BCUT2D eigenvalue weighted by Gasteiger charge is 2.12. The maximum absolute atomic E-state index is 11.9. The summed E-state index contributed by atoms with van der Waals surface area (Å²) in [5.74, 6) is -0.00231. The molecule has 0 saturated heterocycles. The summed E-state index contributed by atoms with van der Waals surface area (Å²) < 4.78 is 2.50. The van der Waals surface area contributed by atoms with E-state index in [2.05, 4.69) is 20.9 Å². The summed E-state index contributed by atoms with van der Waals surface area (Å²) in [6, 6.07) is 11.0. The molecule has 2 rings (SSSR count). The van der Waals surface area contributed by atoms with E-state index in [0.717, 1.165) is 0 Å². The maximum Gasteiger partial charge on any atom is 0.245 e. The molecule has 0 aromatic carbocycles. The summed E-state index contributed by atoms with van der Waals surface area (Å²) in [5.41, 5.74) is 0.478. The first-order valence-corrected chi connectivity index (χ1v) is 5.65. The van der Waals surface area contributed by atoms with Crippen LogP contribution in [0.15, 0.2) is 53.4 Å². The average Bonchev–Trinajstić information content (AvgIpc) is 2.30. The fraction of sp³-hybridized carbons (Fsp3) is 0.0833. The van der Waals surface area contributed by atoms with Crippen LogP contribution in [0, 0.1) is 0 Å². The van der Waals surface area contributed by atoms with Crippen LogP contribution in [-0.2, 0) is 6.54 Å². The zero-order chi connectivity index (χ0) is 11.4. The molecule has 0 radical (unpaired) electrons. The van der Waals surface area contributed by atoms with E-state index in [-0.39, 0.29) is 22.8 Å². The minimum Gasteiger partial charge on any atom is -1.00 e. The number of Topliss-reactive ketones (excluding diaryl/α,β-unsaturated/α-hetero) is 1. The largest absolute Gasteiger partial charge is 1.00 e. The molecule has 0 saturated carbocycles. The highest BCUT2D eigenvalue weighted by Crippen LogP contribution is 2.06. The first kappa shape index (κ1) is 14.0. The molecule has 0 fully saturated rings. The first-order valence-electron chi connectivity index (χ1n) is 4.85. The van der Waals surface area contributed by atoms with Gasteiger partial charge in [-0.25, -0.2) is 4.98 Å². The Labute approximate surface area is 118 Å². The van der Waals surface area contributed by atoms with Gasteiger partial charge in [-0.15, -0.1) is 0 Å². The standard InChI is InChI=1S/C12H10BrN2O.BrH/c13-12-6-4-5-10(14-12)11(16)9-15-7-2-1-3-8-15;/h1-8H,9H2;1H/q+1;/p-1. The number of ketones is 1. The zero-order valence-corrected chi connectivity index (χ0v) is 12.1. The molecule has 3 nitrogen and oxygen atoms in total. The Morgan fingerprint density at radius 2 is 1.88 bits per heavy atom. The normalized spacial score (nSPS) is 9.47. The molecule has 0 N–H and O–H groups in total. The van der Waals surface area contributed by atoms with Crippen molar-refractivity contribution in [2.45, 2.75) is 6.54 Å². The van der Waals surface area contributed by atoms with Crippen molar-refractivity contribution in [2.24, 2.45) is 0 Å². The maximum atomic E-state index is 11.9. The van der Waals surface area contributed by atoms with E-state index in [1.165, 1.54) is 0 Å². The third-order valence-corrected chi connectivity index (χ3v) is 2.55. The molecule has 0 aliphatic carbocycles. The predicted molar refractivity (Wildman–Crippen MR) is 62.9 cm³/mol. The second-order valence-corrected chi connectivity index (χ2v) is 4.13. The van der Waals surface area contributed by atoms with Crippen LogP contribution in [0.5, 0.6) is 0 Å². The molecule has 0 bridgehead atoms. The smallest absolute Gasteiger partial charge is 0.245 e. The van der Waals surface area contributed by atoms with Gasteiger partial charge in [-0.1, -0.05) is 12.1 Å². The molecule has 0 amide bonds. The second-order valence-electron chi connectivity index (χ2n) is 3.32. The van der Waals surface area contributed by atoms with Gasteiger partial charge in [0.15, 0.2) is 12.4 Å². The van der Waals surface area contributed by atoms with Crippen molar-refractivity contribution in [3.8, 4) is 0 Å². The van der Waals surface area contributed by atoms with Crippen molar-refractivity contribution in [1.82, 2.24) is 4.98 Å². The summed E-state index contributed by atoms with van der Waals surface area (Å²) in [4.78, 5) is 16.0. The summed E-state index contributed by atoms with van der Waals surface area (Å²) in [6.07, 6.45) is 3.71. The number of aromatic nitrogens is 2. The van der Waals surface area contributed by atoms with E-state index in [1.54, 1.807) is 18.2 Å². The number of halogens is 2. The number of hydrogen-bond acceptors (Lipinski definition) is 2.